The number of carbonyl (C=O) groups is 2. The molecule has 6 heteroatoms. The van der Waals surface area contributed by atoms with Crippen molar-refractivity contribution in [1.82, 2.24) is 10.6 Å². The summed E-state index contributed by atoms with van der Waals surface area (Å²) in [5.41, 5.74) is 0.601. The molecule has 0 unspecified atom stereocenters. The molecule has 0 saturated heterocycles. The Morgan fingerprint density at radius 3 is 0.860 bits per heavy atom. The van der Waals surface area contributed by atoms with Crippen LogP contribution in [0.2, 0.25) is 0 Å². The fourth-order valence-corrected chi connectivity index (χ4v) is 6.66. The number of rotatable bonds is 12. The molecule has 6 nitrogen and oxygen atoms in total. The second-order valence-corrected chi connectivity index (χ2v) is 12.4. The van der Waals surface area contributed by atoms with Crippen LogP contribution in [-0.4, -0.2) is 34.1 Å². The highest BCUT2D eigenvalue weighted by Gasteiger charge is 2.44. The van der Waals surface area contributed by atoms with Crippen LogP contribution >= 0.6 is 0 Å². The van der Waals surface area contributed by atoms with Gasteiger partial charge in [-0.05, 0) is 46.2 Å². The topological polar surface area (TPSA) is 98.7 Å². The molecule has 0 aliphatic rings. The Balaban J connectivity index is 1.38. The van der Waals surface area contributed by atoms with E-state index < -0.39 is 35.1 Å². The van der Waals surface area contributed by atoms with Crippen LogP contribution in [0.15, 0.2) is 182 Å². The predicted molar refractivity (Wildman–Crippen MR) is 196 cm³/mol. The third kappa shape index (κ3) is 7.42. The van der Waals surface area contributed by atoms with Gasteiger partial charge in [0.1, 0.15) is 11.2 Å². The van der Waals surface area contributed by atoms with Crippen LogP contribution in [0.4, 0.5) is 0 Å². The fraction of sp³-hybridized carbons (Fsp3) is 0.136. The molecule has 6 aromatic rings. The first-order valence-corrected chi connectivity index (χ1v) is 16.7. The van der Waals surface area contributed by atoms with Crippen LogP contribution in [-0.2, 0) is 33.6 Å². The van der Waals surface area contributed by atoms with Gasteiger partial charge >= 0.3 is 11.8 Å². The molecule has 4 N–H and O–H groups in total. The zero-order chi connectivity index (χ0) is 34.8. The van der Waals surface area contributed by atoms with E-state index in [2.05, 4.69) is 10.6 Å². The normalized spacial score (nSPS) is 12.8. The molecule has 2 atom stereocenters. The van der Waals surface area contributed by atoms with E-state index >= 15 is 0 Å². The molecule has 0 aliphatic carbocycles. The highest BCUT2D eigenvalue weighted by atomic mass is 16.3. The van der Waals surface area contributed by atoms with Crippen molar-refractivity contribution in [2.24, 2.45) is 0 Å². The maximum absolute atomic E-state index is 14.1. The van der Waals surface area contributed by atoms with Crippen molar-refractivity contribution in [3.8, 4) is 0 Å². The lowest BCUT2D eigenvalue weighted by molar-refractivity contribution is -0.142. The molecule has 0 radical (unpaired) electrons. The Bertz CT molecular complexity index is 1730. The van der Waals surface area contributed by atoms with Gasteiger partial charge in [-0.1, -0.05) is 182 Å². The van der Waals surface area contributed by atoms with Gasteiger partial charge in [0.15, 0.2) is 0 Å². The van der Waals surface area contributed by atoms with Crippen LogP contribution in [0.25, 0.3) is 0 Å². The summed E-state index contributed by atoms with van der Waals surface area (Å²) >= 11 is 0. The molecular weight excluding hydrogens is 620 g/mol. The van der Waals surface area contributed by atoms with Gasteiger partial charge in [0.05, 0.1) is 12.1 Å². The summed E-state index contributed by atoms with van der Waals surface area (Å²) in [7, 11) is 0. The van der Waals surface area contributed by atoms with Crippen molar-refractivity contribution in [3.63, 3.8) is 0 Å². The Kier molecular flexibility index (Phi) is 10.6. The number of benzene rings is 6. The quantitative estimate of drug-likeness (QED) is 0.116. The van der Waals surface area contributed by atoms with E-state index in [0.29, 0.717) is 22.3 Å². The molecule has 0 saturated carbocycles. The fourth-order valence-electron chi connectivity index (χ4n) is 6.66. The lowest BCUT2D eigenvalue weighted by Gasteiger charge is -2.39. The molecule has 0 spiro atoms. The molecule has 0 bridgehead atoms. The SMILES string of the molecule is O=C(N[C@H](Cc1ccccc1)C(O)(c1ccccc1)c1ccccc1)C(=O)N[C@H](Cc1ccccc1)C(O)(c1ccccc1)c1ccccc1. The molecule has 0 aromatic heterocycles. The first-order chi connectivity index (χ1) is 24.4. The summed E-state index contributed by atoms with van der Waals surface area (Å²) < 4.78 is 0. The summed E-state index contributed by atoms with van der Waals surface area (Å²) in [6, 6.07) is 53.8. The van der Waals surface area contributed by atoms with Crippen molar-refractivity contribution >= 4 is 11.8 Å². The summed E-state index contributed by atoms with van der Waals surface area (Å²) in [6.45, 7) is 0. The van der Waals surface area contributed by atoms with E-state index in [4.69, 9.17) is 0 Å². The van der Waals surface area contributed by atoms with Gasteiger partial charge < -0.3 is 20.8 Å². The maximum Gasteiger partial charge on any atom is 0.309 e. The molecular formula is C44H40N2O4. The van der Waals surface area contributed by atoms with Gasteiger partial charge in [0.25, 0.3) is 0 Å². The monoisotopic (exact) mass is 660 g/mol. The van der Waals surface area contributed by atoms with Crippen LogP contribution in [0.5, 0.6) is 0 Å². The zero-order valence-electron chi connectivity index (χ0n) is 27.6. The lowest BCUT2D eigenvalue weighted by atomic mass is 9.77. The lowest BCUT2D eigenvalue weighted by Crippen LogP contribution is -2.59. The summed E-state index contributed by atoms with van der Waals surface area (Å²) in [6.07, 6.45) is 0.455. The molecule has 0 aliphatic heterocycles. The highest BCUT2D eigenvalue weighted by Crippen LogP contribution is 2.36. The van der Waals surface area contributed by atoms with Crippen molar-refractivity contribution in [2.75, 3.05) is 0 Å². The highest BCUT2D eigenvalue weighted by molar-refractivity contribution is 6.35. The van der Waals surface area contributed by atoms with Crippen LogP contribution in [0.1, 0.15) is 33.4 Å². The second kappa shape index (κ2) is 15.6. The van der Waals surface area contributed by atoms with Gasteiger partial charge in [-0.15, -0.1) is 0 Å². The number of aliphatic hydroxyl groups is 2. The third-order valence-electron chi connectivity index (χ3n) is 9.25. The Hall–Kier alpha value is -5.82. The Morgan fingerprint density at radius 1 is 0.400 bits per heavy atom. The van der Waals surface area contributed by atoms with Crippen molar-refractivity contribution < 1.29 is 19.8 Å². The molecule has 2 amide bonds. The average molecular weight is 661 g/mol. The van der Waals surface area contributed by atoms with Gasteiger partial charge in [0.2, 0.25) is 0 Å². The van der Waals surface area contributed by atoms with Crippen molar-refractivity contribution in [2.45, 2.75) is 36.1 Å². The van der Waals surface area contributed by atoms with Crippen molar-refractivity contribution in [1.29, 1.82) is 0 Å². The van der Waals surface area contributed by atoms with Crippen LogP contribution in [0.3, 0.4) is 0 Å². The zero-order valence-corrected chi connectivity index (χ0v) is 27.6. The molecule has 50 heavy (non-hydrogen) atoms. The van der Waals surface area contributed by atoms with E-state index in [1.165, 1.54) is 0 Å². The first-order valence-electron chi connectivity index (χ1n) is 16.7. The average Bonchev–Trinajstić information content (AvgIpc) is 3.19. The van der Waals surface area contributed by atoms with Gasteiger partial charge in [-0.3, -0.25) is 9.59 Å². The number of hydrogen-bond acceptors (Lipinski definition) is 4. The largest absolute Gasteiger partial charge is 0.378 e. The number of amides is 2. The van der Waals surface area contributed by atoms with E-state index in [1.54, 1.807) is 0 Å². The molecule has 6 rings (SSSR count). The minimum absolute atomic E-state index is 0.228. The van der Waals surface area contributed by atoms with E-state index in [1.807, 2.05) is 182 Å². The Labute approximate surface area is 293 Å². The van der Waals surface area contributed by atoms with Crippen molar-refractivity contribution in [3.05, 3.63) is 215 Å². The van der Waals surface area contributed by atoms with Crippen LogP contribution in [0, 0.1) is 0 Å². The van der Waals surface area contributed by atoms with E-state index in [0.717, 1.165) is 11.1 Å². The summed E-state index contributed by atoms with van der Waals surface area (Å²) in [5, 5.41) is 31.3. The number of nitrogens with one attached hydrogen (secondary N) is 2. The Morgan fingerprint density at radius 2 is 0.620 bits per heavy atom. The second-order valence-electron chi connectivity index (χ2n) is 12.4. The minimum Gasteiger partial charge on any atom is -0.378 e. The smallest absolute Gasteiger partial charge is 0.309 e. The molecule has 0 heterocycles. The molecule has 0 fully saturated rings. The van der Waals surface area contributed by atoms with Gasteiger partial charge in [-0.25, -0.2) is 0 Å². The van der Waals surface area contributed by atoms with Gasteiger partial charge in [0, 0.05) is 0 Å². The van der Waals surface area contributed by atoms with Gasteiger partial charge in [-0.2, -0.15) is 0 Å². The summed E-state index contributed by atoms with van der Waals surface area (Å²) in [5.74, 6) is -1.87. The molecule has 250 valence electrons. The molecule has 6 aromatic carbocycles. The number of hydrogen-bond donors (Lipinski definition) is 4. The number of carbonyl (C=O) groups excluding carboxylic acids is 2. The minimum atomic E-state index is -1.70. The predicted octanol–water partition coefficient (Wildman–Crippen LogP) is 6.31. The third-order valence-corrected chi connectivity index (χ3v) is 9.25. The van der Waals surface area contributed by atoms with Crippen LogP contribution < -0.4 is 10.6 Å². The first kappa shape index (κ1) is 34.1. The van der Waals surface area contributed by atoms with E-state index in [9.17, 15) is 19.8 Å². The maximum atomic E-state index is 14.1. The standard InChI is InChI=1S/C44H40N2O4/c47-41(45-39(31-33-19-7-1-8-20-33)43(49,35-23-11-3-12-24-35)36-25-13-4-14-26-36)42(48)46-40(32-34-21-9-2-10-22-34)44(50,37-27-15-5-16-28-37)38-29-17-6-18-30-38/h1-30,39-40,49-50H,31-32H2,(H,45,47)(H,46,48)/t39-,40-/m1/s1. The summed E-state index contributed by atoms with van der Waals surface area (Å²) in [4.78, 5) is 28.2. The van der Waals surface area contributed by atoms with E-state index in [-0.39, 0.29) is 12.8 Å².